The predicted octanol–water partition coefficient (Wildman–Crippen LogP) is 18.6. The maximum absolute atomic E-state index is 6.50. The second-order valence-electron chi connectivity index (χ2n) is 19.3. The Labute approximate surface area is 472 Å². The van der Waals surface area contributed by atoms with Crippen LogP contribution in [0.2, 0.25) is 0 Å². The van der Waals surface area contributed by atoms with Gasteiger partial charge in [-0.3, -0.25) is 4.98 Å². The second-order valence-corrected chi connectivity index (χ2v) is 19.3. The Morgan fingerprint density at radius 3 is 1.43 bits per heavy atom. The summed E-state index contributed by atoms with van der Waals surface area (Å²) in [5.41, 5.74) is 22.3. The molecule has 0 spiro atoms. The maximum atomic E-state index is 6.50. The molecular formula is C73H45IrN4O. The van der Waals surface area contributed by atoms with Crippen LogP contribution in [0.5, 0.6) is 0 Å². The van der Waals surface area contributed by atoms with Crippen molar-refractivity contribution in [2.45, 2.75) is 0 Å². The fourth-order valence-electron chi connectivity index (χ4n) is 10.9. The number of imidazole rings is 1. The topological polar surface area (TPSA) is 56.7 Å². The zero-order chi connectivity index (χ0) is 51.8. The molecule has 0 saturated carbocycles. The van der Waals surface area contributed by atoms with Crippen molar-refractivity contribution >= 4 is 21.9 Å². The average molecular weight is 1190 g/mol. The minimum atomic E-state index is 0. The first-order chi connectivity index (χ1) is 38.7. The normalized spacial score (nSPS) is 11.2. The van der Waals surface area contributed by atoms with Gasteiger partial charge >= 0.3 is 20.1 Å². The van der Waals surface area contributed by atoms with Crippen molar-refractivity contribution in [2.24, 2.45) is 0 Å². The van der Waals surface area contributed by atoms with Gasteiger partial charge in [-0.05, 0) is 111 Å². The average Bonchev–Trinajstić information content (AvgIpc) is 4.25. The van der Waals surface area contributed by atoms with Gasteiger partial charge in [0.1, 0.15) is 11.2 Å². The number of hydrogen-bond donors (Lipinski definition) is 0. The Bertz CT molecular complexity index is 4470. The van der Waals surface area contributed by atoms with Gasteiger partial charge in [-0.15, -0.1) is 83.4 Å². The molecule has 0 N–H and O–H groups in total. The van der Waals surface area contributed by atoms with Crippen LogP contribution in [0.1, 0.15) is 0 Å². The van der Waals surface area contributed by atoms with Crippen molar-refractivity contribution in [3.05, 3.63) is 292 Å². The molecule has 4 aromatic heterocycles. The molecule has 14 aromatic rings. The van der Waals surface area contributed by atoms with E-state index in [1.807, 2.05) is 91.5 Å². The quantitative estimate of drug-likeness (QED) is 0.121. The van der Waals surface area contributed by atoms with Gasteiger partial charge in [0.2, 0.25) is 0 Å². The van der Waals surface area contributed by atoms with Gasteiger partial charge in [0, 0.05) is 41.2 Å². The number of pyridine rings is 2. The van der Waals surface area contributed by atoms with E-state index >= 15 is 0 Å². The minimum Gasteiger partial charge on any atom is -0.456 e. The summed E-state index contributed by atoms with van der Waals surface area (Å²) in [5.74, 6) is 0.835. The Hall–Kier alpha value is -9.84. The number of furan rings is 1. The van der Waals surface area contributed by atoms with E-state index in [2.05, 4.69) is 210 Å². The van der Waals surface area contributed by atoms with Crippen molar-refractivity contribution in [3.63, 3.8) is 0 Å². The standard InChI is InChI=1S/C73H45N4O.Ir/c1-2-16-58(17-3-1)77-43-42-76-73(77)52-34-30-50(31-35-52)60-19-5-7-21-62(60)56-44-55(61-20-6-4-18-59(61)49-28-32-51(33-29-49)69-25-12-14-40-74-69)45-57(46-56)63-22-8-9-23-64(63)65-38-37-54(70-26-13-15-41-75-70)47-68(65)53-36-39-67-66-24-10-11-27-71(66)78-72(67)48-53;/h1-32,34,36,38-48H;/q-3;+3. The van der Waals surface area contributed by atoms with Crippen LogP contribution in [-0.2, 0) is 20.1 Å². The summed E-state index contributed by atoms with van der Waals surface area (Å²) in [4.78, 5) is 14.1. The number of fused-ring (bicyclic) bond motifs is 3. The maximum Gasteiger partial charge on any atom is 3.00 e. The number of rotatable bonds is 11. The first-order valence-electron chi connectivity index (χ1n) is 26.0. The Kier molecular flexibility index (Phi) is 13.1. The molecule has 0 bridgehead atoms. The van der Waals surface area contributed by atoms with E-state index in [0.717, 1.165) is 139 Å². The molecule has 0 radical (unpaired) electrons. The number of benzene rings is 10. The van der Waals surface area contributed by atoms with E-state index in [1.54, 1.807) is 0 Å². The van der Waals surface area contributed by atoms with E-state index < -0.39 is 0 Å². The van der Waals surface area contributed by atoms with E-state index in [1.165, 1.54) is 0 Å². The van der Waals surface area contributed by atoms with Gasteiger partial charge in [0.25, 0.3) is 0 Å². The summed E-state index contributed by atoms with van der Waals surface area (Å²) in [6.45, 7) is 0. The number of nitrogens with zero attached hydrogens (tertiary/aromatic N) is 4. The summed E-state index contributed by atoms with van der Waals surface area (Å²) in [6.07, 6.45) is 7.49. The van der Waals surface area contributed by atoms with Crippen LogP contribution in [0.25, 0.3) is 139 Å². The fourth-order valence-corrected chi connectivity index (χ4v) is 10.9. The van der Waals surface area contributed by atoms with Crippen LogP contribution >= 0.6 is 0 Å². The molecule has 5 nitrogen and oxygen atoms in total. The third kappa shape index (κ3) is 9.40. The smallest absolute Gasteiger partial charge is 0.456 e. The summed E-state index contributed by atoms with van der Waals surface area (Å²) in [5, 5.41) is 2.18. The summed E-state index contributed by atoms with van der Waals surface area (Å²) < 4.78 is 8.60. The molecule has 0 aliphatic carbocycles. The van der Waals surface area contributed by atoms with Gasteiger partial charge in [-0.2, -0.15) is 0 Å². The van der Waals surface area contributed by atoms with E-state index in [0.29, 0.717) is 0 Å². The van der Waals surface area contributed by atoms with Crippen LogP contribution in [0.3, 0.4) is 0 Å². The minimum absolute atomic E-state index is 0. The molecule has 372 valence electrons. The molecule has 79 heavy (non-hydrogen) atoms. The number of hydrogen-bond acceptors (Lipinski definition) is 4. The number of aromatic nitrogens is 4. The van der Waals surface area contributed by atoms with Crippen LogP contribution < -0.4 is 0 Å². The molecule has 0 saturated heterocycles. The molecule has 4 heterocycles. The van der Waals surface area contributed by atoms with E-state index in [4.69, 9.17) is 14.4 Å². The third-order valence-electron chi connectivity index (χ3n) is 14.6. The molecule has 14 rings (SSSR count). The van der Waals surface area contributed by atoms with Crippen molar-refractivity contribution in [3.8, 4) is 117 Å². The van der Waals surface area contributed by atoms with E-state index in [-0.39, 0.29) is 20.1 Å². The molecule has 0 aliphatic heterocycles. The summed E-state index contributed by atoms with van der Waals surface area (Å²) in [6, 6.07) is 98.1. The first kappa shape index (κ1) is 48.8. The monoisotopic (exact) mass is 1190 g/mol. The fraction of sp³-hybridized carbons (Fsp3) is 0. The van der Waals surface area contributed by atoms with Crippen LogP contribution in [0.15, 0.2) is 278 Å². The van der Waals surface area contributed by atoms with Crippen LogP contribution in [0, 0.1) is 18.2 Å². The molecule has 6 heteroatoms. The van der Waals surface area contributed by atoms with Crippen LogP contribution in [0.4, 0.5) is 0 Å². The van der Waals surface area contributed by atoms with E-state index in [9.17, 15) is 0 Å². The first-order valence-corrected chi connectivity index (χ1v) is 26.0. The van der Waals surface area contributed by atoms with Crippen molar-refractivity contribution in [2.75, 3.05) is 0 Å². The molecule has 0 atom stereocenters. The molecule has 0 aliphatic rings. The summed E-state index contributed by atoms with van der Waals surface area (Å²) >= 11 is 0. The Morgan fingerprint density at radius 2 is 0.823 bits per heavy atom. The molecule has 0 fully saturated rings. The SMILES string of the molecule is [Ir+3].[c-]1cc(-c2ccccc2-c2cc(-c3ccccc3-c3c[c-]c(-c4nccn4-c4ccccc4)cc3)cc(-c3ccccc3-c3c[c-]c(-c4ccccn4)cc3-c3ccc4c(c3)oc3ccccc34)c2)ccc1-c1ccccn1. The zero-order valence-electron chi connectivity index (χ0n) is 42.5. The largest absolute Gasteiger partial charge is 3.00 e. The number of para-hydroxylation sites is 2. The molecule has 10 aromatic carbocycles. The predicted molar refractivity (Wildman–Crippen MR) is 317 cm³/mol. The Balaban J connectivity index is 0.00000591. The van der Waals surface area contributed by atoms with Gasteiger partial charge in [0.05, 0.1) is 5.82 Å². The van der Waals surface area contributed by atoms with Crippen molar-refractivity contribution in [1.82, 2.24) is 19.5 Å². The van der Waals surface area contributed by atoms with Crippen molar-refractivity contribution in [1.29, 1.82) is 0 Å². The molecule has 0 amide bonds. The molecular weight excluding hydrogens is 1140 g/mol. The Morgan fingerprint density at radius 1 is 0.316 bits per heavy atom. The van der Waals surface area contributed by atoms with Crippen molar-refractivity contribution < 1.29 is 24.5 Å². The van der Waals surface area contributed by atoms with Crippen LogP contribution in [-0.4, -0.2) is 19.5 Å². The van der Waals surface area contributed by atoms with Gasteiger partial charge < -0.3 is 19.0 Å². The van der Waals surface area contributed by atoms with Gasteiger partial charge in [-0.1, -0.05) is 178 Å². The van der Waals surface area contributed by atoms with Gasteiger partial charge in [-0.25, -0.2) is 0 Å². The summed E-state index contributed by atoms with van der Waals surface area (Å²) in [7, 11) is 0. The van der Waals surface area contributed by atoms with Gasteiger partial charge in [0.15, 0.2) is 0 Å². The second kappa shape index (κ2) is 21.3. The third-order valence-corrected chi connectivity index (χ3v) is 14.6. The zero-order valence-corrected chi connectivity index (χ0v) is 44.9. The molecule has 0 unspecified atom stereocenters.